The molecule has 2 aromatic carbocycles. The lowest BCUT2D eigenvalue weighted by Crippen LogP contribution is -2.34. The summed E-state index contributed by atoms with van der Waals surface area (Å²) in [4.78, 5) is 25.3. The summed E-state index contributed by atoms with van der Waals surface area (Å²) in [6.45, 7) is 3.43. The molecular formula is C21H19N3O3. The van der Waals surface area contributed by atoms with Gasteiger partial charge in [0.05, 0.1) is 18.7 Å². The van der Waals surface area contributed by atoms with Crippen LogP contribution in [0.25, 0.3) is 0 Å². The SMILES string of the molecule is C=NN(C(=O)CC(NC(=O)c1ccccc1)c1ccccc1)c1ccco1. The van der Waals surface area contributed by atoms with E-state index in [9.17, 15) is 9.59 Å². The number of amides is 2. The maximum Gasteiger partial charge on any atom is 0.252 e. The van der Waals surface area contributed by atoms with Crippen molar-refractivity contribution in [3.63, 3.8) is 0 Å². The molecule has 1 aromatic heterocycles. The maximum absolute atomic E-state index is 12.8. The molecule has 6 nitrogen and oxygen atoms in total. The van der Waals surface area contributed by atoms with Gasteiger partial charge >= 0.3 is 0 Å². The summed E-state index contributed by atoms with van der Waals surface area (Å²) in [6.07, 6.45) is 1.45. The van der Waals surface area contributed by atoms with Crippen molar-refractivity contribution in [3.8, 4) is 0 Å². The minimum Gasteiger partial charge on any atom is -0.447 e. The number of furan rings is 1. The Morgan fingerprint density at radius 3 is 2.26 bits per heavy atom. The van der Waals surface area contributed by atoms with E-state index < -0.39 is 6.04 Å². The molecule has 0 saturated carbocycles. The molecule has 1 atom stereocenters. The highest BCUT2D eigenvalue weighted by Crippen LogP contribution is 2.22. The average Bonchev–Trinajstić information content (AvgIpc) is 3.23. The molecule has 0 spiro atoms. The zero-order chi connectivity index (χ0) is 19.1. The van der Waals surface area contributed by atoms with Gasteiger partial charge in [0.2, 0.25) is 5.88 Å². The van der Waals surface area contributed by atoms with Crippen LogP contribution in [0.5, 0.6) is 0 Å². The molecule has 0 aliphatic heterocycles. The van der Waals surface area contributed by atoms with Crippen molar-refractivity contribution < 1.29 is 14.0 Å². The van der Waals surface area contributed by atoms with Gasteiger partial charge in [0.25, 0.3) is 11.8 Å². The predicted molar refractivity (Wildman–Crippen MR) is 103 cm³/mol. The Balaban J connectivity index is 1.81. The smallest absolute Gasteiger partial charge is 0.252 e. The van der Waals surface area contributed by atoms with Gasteiger partial charge in [0.1, 0.15) is 0 Å². The van der Waals surface area contributed by atoms with Crippen LogP contribution in [0.2, 0.25) is 0 Å². The van der Waals surface area contributed by atoms with Gasteiger partial charge < -0.3 is 9.73 Å². The highest BCUT2D eigenvalue weighted by atomic mass is 16.4. The van der Waals surface area contributed by atoms with E-state index >= 15 is 0 Å². The Kier molecular flexibility index (Phi) is 5.79. The number of rotatable bonds is 7. The molecule has 0 radical (unpaired) electrons. The van der Waals surface area contributed by atoms with Crippen LogP contribution >= 0.6 is 0 Å². The second kappa shape index (κ2) is 8.62. The van der Waals surface area contributed by atoms with Crippen molar-refractivity contribution in [2.24, 2.45) is 5.10 Å². The quantitative estimate of drug-likeness (QED) is 0.514. The molecule has 6 heteroatoms. The van der Waals surface area contributed by atoms with Crippen LogP contribution in [0.15, 0.2) is 88.6 Å². The molecule has 27 heavy (non-hydrogen) atoms. The van der Waals surface area contributed by atoms with Crippen LogP contribution in [0.3, 0.4) is 0 Å². The lowest BCUT2D eigenvalue weighted by Gasteiger charge is -2.21. The van der Waals surface area contributed by atoms with Gasteiger partial charge in [0, 0.05) is 18.3 Å². The first-order valence-electron chi connectivity index (χ1n) is 8.43. The third kappa shape index (κ3) is 4.49. The topological polar surface area (TPSA) is 74.9 Å². The van der Waals surface area contributed by atoms with Crippen molar-refractivity contribution in [2.75, 3.05) is 5.01 Å². The Morgan fingerprint density at radius 2 is 1.67 bits per heavy atom. The van der Waals surface area contributed by atoms with E-state index in [1.54, 1.807) is 36.4 Å². The molecule has 1 unspecified atom stereocenters. The van der Waals surface area contributed by atoms with Crippen LogP contribution in [-0.2, 0) is 4.79 Å². The number of hydrazone groups is 1. The lowest BCUT2D eigenvalue weighted by molar-refractivity contribution is -0.119. The summed E-state index contributed by atoms with van der Waals surface area (Å²) in [5.74, 6) is -0.327. The number of benzene rings is 2. The first-order chi connectivity index (χ1) is 13.2. The van der Waals surface area contributed by atoms with Gasteiger partial charge in [-0.3, -0.25) is 9.59 Å². The number of hydrogen-bond donors (Lipinski definition) is 1. The van der Waals surface area contributed by atoms with Gasteiger partial charge in [-0.2, -0.15) is 10.1 Å². The van der Waals surface area contributed by atoms with Crippen molar-refractivity contribution in [3.05, 3.63) is 90.2 Å². The normalized spacial score (nSPS) is 11.4. The van der Waals surface area contributed by atoms with Gasteiger partial charge in [-0.15, -0.1) is 0 Å². The standard InChI is InChI=1S/C21H19N3O3/c1-22-24(20-13-8-14-27-20)19(25)15-18(16-9-4-2-5-10-16)23-21(26)17-11-6-3-7-12-17/h2-14,18H,1,15H2,(H,23,26). The van der Waals surface area contributed by atoms with Crippen LogP contribution in [0, 0.1) is 0 Å². The largest absolute Gasteiger partial charge is 0.447 e. The van der Waals surface area contributed by atoms with Crippen LogP contribution in [-0.4, -0.2) is 18.5 Å². The molecule has 3 aromatic rings. The second-order valence-electron chi connectivity index (χ2n) is 5.81. The van der Waals surface area contributed by atoms with E-state index in [0.717, 1.165) is 10.6 Å². The summed E-state index contributed by atoms with van der Waals surface area (Å²) >= 11 is 0. The van der Waals surface area contributed by atoms with Crippen molar-refractivity contribution in [1.29, 1.82) is 0 Å². The zero-order valence-corrected chi connectivity index (χ0v) is 14.6. The number of carbonyl (C=O) groups is 2. The highest BCUT2D eigenvalue weighted by molar-refractivity contribution is 5.96. The molecule has 0 aliphatic carbocycles. The number of carbonyl (C=O) groups excluding carboxylic acids is 2. The van der Waals surface area contributed by atoms with E-state index in [4.69, 9.17) is 4.42 Å². The first kappa shape index (κ1) is 18.1. The number of nitrogens with one attached hydrogen (secondary N) is 1. The Hall–Kier alpha value is -3.67. The summed E-state index contributed by atoms with van der Waals surface area (Å²) in [7, 11) is 0. The first-order valence-corrected chi connectivity index (χ1v) is 8.43. The molecule has 3 rings (SSSR count). The molecule has 1 N–H and O–H groups in total. The van der Waals surface area contributed by atoms with E-state index in [0.29, 0.717) is 5.56 Å². The summed E-state index contributed by atoms with van der Waals surface area (Å²) in [6, 6.07) is 20.9. The Labute approximate surface area is 157 Å². The highest BCUT2D eigenvalue weighted by Gasteiger charge is 2.24. The maximum atomic E-state index is 12.8. The average molecular weight is 361 g/mol. The third-order valence-electron chi connectivity index (χ3n) is 4.01. The van der Waals surface area contributed by atoms with Gasteiger partial charge in [-0.1, -0.05) is 48.5 Å². The second-order valence-corrected chi connectivity index (χ2v) is 5.81. The summed E-state index contributed by atoms with van der Waals surface area (Å²) < 4.78 is 5.23. The van der Waals surface area contributed by atoms with Crippen LogP contribution in [0.1, 0.15) is 28.4 Å². The van der Waals surface area contributed by atoms with E-state index in [2.05, 4.69) is 17.1 Å². The van der Waals surface area contributed by atoms with Crippen LogP contribution < -0.4 is 10.3 Å². The number of anilines is 1. The molecule has 0 aliphatic rings. The zero-order valence-electron chi connectivity index (χ0n) is 14.6. The summed E-state index contributed by atoms with van der Waals surface area (Å²) in [5.41, 5.74) is 1.34. The van der Waals surface area contributed by atoms with Crippen LogP contribution in [0.4, 0.5) is 5.88 Å². The van der Waals surface area contributed by atoms with Crippen molar-refractivity contribution >= 4 is 24.4 Å². The predicted octanol–water partition coefficient (Wildman–Crippen LogP) is 3.79. The number of nitrogens with zero attached hydrogens (tertiary/aromatic N) is 2. The Bertz CT molecular complexity index is 893. The molecule has 2 amide bonds. The van der Waals surface area contributed by atoms with E-state index in [1.807, 2.05) is 36.4 Å². The molecule has 0 fully saturated rings. The molecule has 1 heterocycles. The molecule has 0 bridgehead atoms. The van der Waals surface area contributed by atoms with Crippen molar-refractivity contribution in [2.45, 2.75) is 12.5 Å². The minimum atomic E-state index is -0.523. The molecule has 0 saturated heterocycles. The molecular weight excluding hydrogens is 342 g/mol. The van der Waals surface area contributed by atoms with Gasteiger partial charge in [0.15, 0.2) is 0 Å². The monoisotopic (exact) mass is 361 g/mol. The van der Waals surface area contributed by atoms with E-state index in [1.165, 1.54) is 6.26 Å². The van der Waals surface area contributed by atoms with Gasteiger partial charge in [-0.05, 0) is 23.8 Å². The molecule has 136 valence electrons. The fraction of sp³-hybridized carbons (Fsp3) is 0.0952. The summed E-state index contributed by atoms with van der Waals surface area (Å²) in [5, 5.41) is 7.76. The van der Waals surface area contributed by atoms with Gasteiger partial charge in [-0.25, -0.2) is 0 Å². The number of hydrogen-bond acceptors (Lipinski definition) is 4. The fourth-order valence-electron chi connectivity index (χ4n) is 2.69. The minimum absolute atomic E-state index is 0.00229. The Morgan fingerprint density at radius 1 is 1.00 bits per heavy atom. The lowest BCUT2D eigenvalue weighted by atomic mass is 10.0. The van der Waals surface area contributed by atoms with E-state index in [-0.39, 0.29) is 24.1 Å². The fourth-order valence-corrected chi connectivity index (χ4v) is 2.69. The third-order valence-corrected chi connectivity index (χ3v) is 4.01. The van der Waals surface area contributed by atoms with Crippen molar-refractivity contribution in [1.82, 2.24) is 5.32 Å².